The average molecular weight is 238 g/mol. The van der Waals surface area contributed by atoms with E-state index in [-0.39, 0.29) is 11.7 Å². The van der Waals surface area contributed by atoms with Crippen LogP contribution in [-0.4, -0.2) is 18.1 Å². The first kappa shape index (κ1) is 12.3. The minimum atomic E-state index is -0.322. The molecule has 1 aromatic rings. The molecule has 94 valence electrons. The van der Waals surface area contributed by atoms with E-state index in [4.69, 9.17) is 4.74 Å². The SMILES string of the molecule is CCCNCc1ccnc(OCC2CC2)c1F. The Hall–Kier alpha value is -1.16. The Balaban J connectivity index is 1.93. The van der Waals surface area contributed by atoms with Crippen molar-refractivity contribution in [2.75, 3.05) is 13.2 Å². The molecule has 1 aliphatic rings. The first-order valence-electron chi connectivity index (χ1n) is 6.28. The molecular formula is C13H19FN2O. The summed E-state index contributed by atoms with van der Waals surface area (Å²) in [5.41, 5.74) is 0.624. The summed E-state index contributed by atoms with van der Waals surface area (Å²) in [6, 6.07) is 1.70. The molecule has 17 heavy (non-hydrogen) atoms. The van der Waals surface area contributed by atoms with Crippen LogP contribution in [-0.2, 0) is 6.54 Å². The van der Waals surface area contributed by atoms with Gasteiger partial charge in [-0.1, -0.05) is 6.92 Å². The van der Waals surface area contributed by atoms with Crippen molar-refractivity contribution in [3.63, 3.8) is 0 Å². The van der Waals surface area contributed by atoms with Gasteiger partial charge >= 0.3 is 0 Å². The number of halogens is 1. The van der Waals surface area contributed by atoms with Crippen LogP contribution in [0.15, 0.2) is 12.3 Å². The van der Waals surface area contributed by atoms with Crippen molar-refractivity contribution in [3.05, 3.63) is 23.6 Å². The minimum Gasteiger partial charge on any atom is -0.475 e. The van der Waals surface area contributed by atoms with Crippen molar-refractivity contribution in [2.45, 2.75) is 32.7 Å². The van der Waals surface area contributed by atoms with E-state index in [1.54, 1.807) is 12.3 Å². The molecule has 1 aromatic heterocycles. The van der Waals surface area contributed by atoms with Gasteiger partial charge in [0.15, 0.2) is 5.82 Å². The summed E-state index contributed by atoms with van der Waals surface area (Å²) in [5, 5.41) is 3.17. The third kappa shape index (κ3) is 3.66. The van der Waals surface area contributed by atoms with E-state index in [0.717, 1.165) is 13.0 Å². The Kier molecular flexibility index (Phi) is 4.31. The van der Waals surface area contributed by atoms with Gasteiger partial charge in [0.25, 0.3) is 5.88 Å². The molecule has 1 aliphatic carbocycles. The minimum absolute atomic E-state index is 0.146. The largest absolute Gasteiger partial charge is 0.475 e. The third-order valence-electron chi connectivity index (χ3n) is 2.83. The molecule has 0 aromatic carbocycles. The van der Waals surface area contributed by atoms with Crippen LogP contribution in [0.3, 0.4) is 0 Å². The maximum absolute atomic E-state index is 13.9. The van der Waals surface area contributed by atoms with Crippen molar-refractivity contribution in [3.8, 4) is 5.88 Å². The molecule has 0 amide bonds. The second kappa shape index (κ2) is 5.96. The topological polar surface area (TPSA) is 34.2 Å². The summed E-state index contributed by atoms with van der Waals surface area (Å²) >= 11 is 0. The molecule has 0 atom stereocenters. The standard InChI is InChI=1S/C13H19FN2O/c1-2-6-15-8-11-5-7-16-13(12(11)14)17-9-10-3-4-10/h5,7,10,15H,2-4,6,8-9H2,1H3. The second-order valence-electron chi connectivity index (χ2n) is 4.52. The van der Waals surface area contributed by atoms with Gasteiger partial charge in [0.2, 0.25) is 0 Å². The van der Waals surface area contributed by atoms with Crippen LogP contribution in [0.25, 0.3) is 0 Å². The average Bonchev–Trinajstić information content (AvgIpc) is 3.14. The van der Waals surface area contributed by atoms with Gasteiger partial charge in [0, 0.05) is 18.3 Å². The number of hydrogen-bond donors (Lipinski definition) is 1. The molecule has 0 aliphatic heterocycles. The Morgan fingerprint density at radius 1 is 1.53 bits per heavy atom. The van der Waals surface area contributed by atoms with Crippen molar-refractivity contribution < 1.29 is 9.13 Å². The maximum Gasteiger partial charge on any atom is 0.250 e. The summed E-state index contributed by atoms with van der Waals surface area (Å²) in [6.45, 7) is 4.10. The zero-order chi connectivity index (χ0) is 12.1. The third-order valence-corrected chi connectivity index (χ3v) is 2.83. The summed E-state index contributed by atoms with van der Waals surface area (Å²) in [6.07, 6.45) is 5.03. The number of nitrogens with one attached hydrogen (secondary N) is 1. The Morgan fingerprint density at radius 2 is 2.35 bits per heavy atom. The Labute approximate surface area is 101 Å². The van der Waals surface area contributed by atoms with Crippen molar-refractivity contribution in [1.82, 2.24) is 10.3 Å². The lowest BCUT2D eigenvalue weighted by molar-refractivity contribution is 0.272. The molecule has 1 heterocycles. The molecule has 1 N–H and O–H groups in total. The normalized spacial score (nSPS) is 14.9. The molecule has 4 heteroatoms. The fourth-order valence-electron chi connectivity index (χ4n) is 1.58. The predicted octanol–water partition coefficient (Wildman–Crippen LogP) is 2.51. The predicted molar refractivity (Wildman–Crippen MR) is 64.4 cm³/mol. The second-order valence-corrected chi connectivity index (χ2v) is 4.52. The molecule has 1 saturated carbocycles. The highest BCUT2D eigenvalue weighted by atomic mass is 19.1. The highest BCUT2D eigenvalue weighted by molar-refractivity contribution is 5.23. The lowest BCUT2D eigenvalue weighted by Crippen LogP contribution is -2.15. The number of pyridine rings is 1. The monoisotopic (exact) mass is 238 g/mol. The van der Waals surface area contributed by atoms with E-state index in [1.807, 2.05) is 0 Å². The van der Waals surface area contributed by atoms with Crippen LogP contribution in [0.4, 0.5) is 4.39 Å². The zero-order valence-corrected chi connectivity index (χ0v) is 10.2. The summed E-state index contributed by atoms with van der Waals surface area (Å²) < 4.78 is 19.3. The molecule has 3 nitrogen and oxygen atoms in total. The van der Waals surface area contributed by atoms with Gasteiger partial charge in [0.05, 0.1) is 6.61 Å². The van der Waals surface area contributed by atoms with Gasteiger partial charge in [-0.3, -0.25) is 0 Å². The number of aromatic nitrogens is 1. The summed E-state index contributed by atoms with van der Waals surface area (Å²) in [4.78, 5) is 3.94. The van der Waals surface area contributed by atoms with Gasteiger partial charge < -0.3 is 10.1 Å². The van der Waals surface area contributed by atoms with E-state index in [2.05, 4.69) is 17.2 Å². The van der Waals surface area contributed by atoms with Crippen LogP contribution < -0.4 is 10.1 Å². The van der Waals surface area contributed by atoms with Crippen molar-refractivity contribution in [2.24, 2.45) is 5.92 Å². The fraction of sp³-hybridized carbons (Fsp3) is 0.615. The summed E-state index contributed by atoms with van der Waals surface area (Å²) in [7, 11) is 0. The molecule has 1 fully saturated rings. The lowest BCUT2D eigenvalue weighted by atomic mass is 10.2. The molecule has 0 saturated heterocycles. The first-order chi connectivity index (χ1) is 8.31. The molecular weight excluding hydrogens is 219 g/mol. The number of nitrogens with zero attached hydrogens (tertiary/aromatic N) is 1. The van der Waals surface area contributed by atoms with Crippen molar-refractivity contribution in [1.29, 1.82) is 0 Å². The maximum atomic E-state index is 13.9. The molecule has 0 radical (unpaired) electrons. The summed E-state index contributed by atoms with van der Waals surface area (Å²) in [5.74, 6) is 0.433. The van der Waals surface area contributed by atoms with Gasteiger partial charge in [-0.15, -0.1) is 0 Å². The van der Waals surface area contributed by atoms with E-state index in [9.17, 15) is 4.39 Å². The number of ether oxygens (including phenoxy) is 1. The highest BCUT2D eigenvalue weighted by Crippen LogP contribution is 2.29. The molecule has 2 rings (SSSR count). The Bertz CT molecular complexity index is 366. The van der Waals surface area contributed by atoms with Crippen LogP contribution >= 0.6 is 0 Å². The van der Waals surface area contributed by atoms with Gasteiger partial charge in [-0.25, -0.2) is 9.37 Å². The first-order valence-corrected chi connectivity index (χ1v) is 6.28. The molecule has 0 spiro atoms. The lowest BCUT2D eigenvalue weighted by Gasteiger charge is -2.09. The van der Waals surface area contributed by atoms with Gasteiger partial charge in [-0.2, -0.15) is 0 Å². The number of hydrogen-bond acceptors (Lipinski definition) is 3. The Morgan fingerprint density at radius 3 is 3.06 bits per heavy atom. The quantitative estimate of drug-likeness (QED) is 0.741. The zero-order valence-electron chi connectivity index (χ0n) is 10.2. The van der Waals surface area contributed by atoms with Crippen LogP contribution in [0.1, 0.15) is 31.7 Å². The van der Waals surface area contributed by atoms with E-state index in [1.165, 1.54) is 12.8 Å². The number of rotatable bonds is 7. The fourth-order valence-corrected chi connectivity index (χ4v) is 1.58. The van der Waals surface area contributed by atoms with E-state index >= 15 is 0 Å². The molecule has 0 unspecified atom stereocenters. The van der Waals surface area contributed by atoms with Gasteiger partial charge in [-0.05, 0) is 37.8 Å². The highest BCUT2D eigenvalue weighted by Gasteiger charge is 2.23. The van der Waals surface area contributed by atoms with Crippen LogP contribution in [0.2, 0.25) is 0 Å². The smallest absolute Gasteiger partial charge is 0.250 e. The van der Waals surface area contributed by atoms with Crippen LogP contribution in [0.5, 0.6) is 5.88 Å². The van der Waals surface area contributed by atoms with Gasteiger partial charge in [0.1, 0.15) is 0 Å². The van der Waals surface area contributed by atoms with Crippen molar-refractivity contribution >= 4 is 0 Å². The van der Waals surface area contributed by atoms with Crippen LogP contribution in [0, 0.1) is 11.7 Å². The van der Waals surface area contributed by atoms with E-state index in [0.29, 0.717) is 24.6 Å². The molecule has 0 bridgehead atoms. The van der Waals surface area contributed by atoms with E-state index < -0.39 is 0 Å².